The molecule has 2 rings (SSSR count). The first-order valence-corrected chi connectivity index (χ1v) is 7.18. The third-order valence-electron chi connectivity index (χ3n) is 3.20. The smallest absolute Gasteiger partial charge is 0.336 e. The van der Waals surface area contributed by atoms with E-state index in [4.69, 9.17) is 9.47 Å². The molecule has 1 aliphatic heterocycles. The molecular formula is C15H17NO4S. The molecule has 112 valence electrons. The topological polar surface area (TPSA) is 55.8 Å². The van der Waals surface area contributed by atoms with E-state index < -0.39 is 17.9 Å². The molecule has 21 heavy (non-hydrogen) atoms. The second-order valence-corrected chi connectivity index (χ2v) is 6.02. The summed E-state index contributed by atoms with van der Waals surface area (Å²) < 4.78 is 9.70. The van der Waals surface area contributed by atoms with Crippen LogP contribution in [0.1, 0.15) is 15.7 Å². The summed E-state index contributed by atoms with van der Waals surface area (Å²) in [5.74, 6) is -1.36. The first-order chi connectivity index (χ1) is 9.97. The molecule has 1 aromatic heterocycles. The van der Waals surface area contributed by atoms with Gasteiger partial charge in [-0.05, 0) is 19.1 Å². The summed E-state index contributed by atoms with van der Waals surface area (Å²) >= 11 is 1.54. The summed E-state index contributed by atoms with van der Waals surface area (Å²) in [4.78, 5) is 27.8. The van der Waals surface area contributed by atoms with Gasteiger partial charge in [-0.3, -0.25) is 0 Å². The van der Waals surface area contributed by atoms with E-state index in [0.29, 0.717) is 11.1 Å². The Morgan fingerprint density at radius 2 is 1.62 bits per heavy atom. The second-order valence-electron chi connectivity index (χ2n) is 4.70. The number of methoxy groups -OCH3 is 2. The number of ether oxygens (including phenoxy) is 2. The minimum Gasteiger partial charge on any atom is -0.466 e. The zero-order valence-corrected chi connectivity index (χ0v) is 13.2. The van der Waals surface area contributed by atoms with Gasteiger partial charge in [0.2, 0.25) is 0 Å². The Labute approximate surface area is 127 Å². The molecule has 0 aliphatic carbocycles. The number of hydrogen-bond acceptors (Lipinski definition) is 6. The van der Waals surface area contributed by atoms with Crippen LogP contribution < -0.4 is 0 Å². The highest BCUT2D eigenvalue weighted by Gasteiger charge is 2.35. The fourth-order valence-electron chi connectivity index (χ4n) is 2.28. The zero-order chi connectivity index (χ0) is 15.6. The van der Waals surface area contributed by atoms with E-state index in [1.54, 1.807) is 35.7 Å². The van der Waals surface area contributed by atoms with Crippen LogP contribution in [0, 0.1) is 6.92 Å². The molecule has 0 fully saturated rings. The Morgan fingerprint density at radius 3 is 2.00 bits per heavy atom. The largest absolute Gasteiger partial charge is 0.466 e. The molecule has 0 amide bonds. The van der Waals surface area contributed by atoms with E-state index in [9.17, 15) is 9.59 Å². The molecule has 0 aromatic carbocycles. The summed E-state index contributed by atoms with van der Waals surface area (Å²) in [5.41, 5.74) is 0.842. The minimum atomic E-state index is -0.459. The van der Waals surface area contributed by atoms with Gasteiger partial charge in [0.25, 0.3) is 0 Å². The highest BCUT2D eigenvalue weighted by atomic mass is 32.1. The molecule has 2 heterocycles. The van der Waals surface area contributed by atoms with Gasteiger partial charge in [0.1, 0.15) is 0 Å². The highest BCUT2D eigenvalue weighted by Crippen LogP contribution is 2.39. The van der Waals surface area contributed by atoms with Gasteiger partial charge in [-0.25, -0.2) is 9.59 Å². The van der Waals surface area contributed by atoms with Gasteiger partial charge >= 0.3 is 11.9 Å². The van der Waals surface area contributed by atoms with Crippen molar-refractivity contribution in [1.82, 2.24) is 4.90 Å². The number of aryl methyl sites for hydroxylation is 1. The quantitative estimate of drug-likeness (QED) is 0.801. The zero-order valence-electron chi connectivity index (χ0n) is 12.4. The van der Waals surface area contributed by atoms with Crippen LogP contribution in [0.25, 0.3) is 0 Å². The monoisotopic (exact) mass is 307 g/mol. The van der Waals surface area contributed by atoms with Crippen molar-refractivity contribution in [1.29, 1.82) is 0 Å². The Morgan fingerprint density at radius 1 is 1.10 bits per heavy atom. The van der Waals surface area contributed by atoms with Crippen LogP contribution in [0.4, 0.5) is 0 Å². The predicted molar refractivity (Wildman–Crippen MR) is 79.8 cm³/mol. The molecule has 0 saturated heterocycles. The lowest BCUT2D eigenvalue weighted by Gasteiger charge is -2.27. The maximum absolute atomic E-state index is 12.1. The van der Waals surface area contributed by atoms with Gasteiger partial charge in [-0.1, -0.05) is 0 Å². The van der Waals surface area contributed by atoms with Crippen molar-refractivity contribution < 1.29 is 19.1 Å². The molecule has 0 saturated carbocycles. The fraction of sp³-hybridized carbons (Fsp3) is 0.333. The van der Waals surface area contributed by atoms with Crippen molar-refractivity contribution in [2.24, 2.45) is 0 Å². The fourth-order valence-corrected chi connectivity index (χ4v) is 3.30. The molecule has 5 nitrogen and oxygen atoms in total. The van der Waals surface area contributed by atoms with Crippen LogP contribution in [-0.4, -0.2) is 38.1 Å². The van der Waals surface area contributed by atoms with Crippen LogP contribution in [-0.2, 0) is 19.1 Å². The first-order valence-electron chi connectivity index (χ1n) is 6.36. The summed E-state index contributed by atoms with van der Waals surface area (Å²) in [6.45, 7) is 1.98. The third-order valence-corrected chi connectivity index (χ3v) is 4.26. The van der Waals surface area contributed by atoms with E-state index in [0.717, 1.165) is 9.75 Å². The molecule has 0 unspecified atom stereocenters. The maximum atomic E-state index is 12.1. The third kappa shape index (κ3) is 3.00. The molecule has 0 radical (unpaired) electrons. The van der Waals surface area contributed by atoms with Crippen molar-refractivity contribution in [3.05, 3.63) is 45.4 Å². The van der Waals surface area contributed by atoms with E-state index in [1.165, 1.54) is 14.2 Å². The van der Waals surface area contributed by atoms with E-state index in [2.05, 4.69) is 0 Å². The molecule has 0 N–H and O–H groups in total. The lowest BCUT2D eigenvalue weighted by molar-refractivity contribution is -0.137. The number of thiophene rings is 1. The number of hydrogen-bond donors (Lipinski definition) is 0. The van der Waals surface area contributed by atoms with Gasteiger partial charge in [0, 0.05) is 29.2 Å². The molecule has 1 aromatic rings. The lowest BCUT2D eigenvalue weighted by Crippen LogP contribution is -2.26. The van der Waals surface area contributed by atoms with Crippen molar-refractivity contribution >= 4 is 23.3 Å². The number of carbonyl (C=O) groups excluding carboxylic acids is 2. The van der Waals surface area contributed by atoms with Gasteiger partial charge in [0.05, 0.1) is 31.3 Å². The predicted octanol–water partition coefficient (Wildman–Crippen LogP) is 2.20. The standard InChI is InChI=1S/C15H17NO4S/c1-9-5-6-12(21-9)13-10(14(17)19-3)7-16(2)8-11(13)15(18)20-4/h5-8,13H,1-4H3. The minimum absolute atomic E-state index is 0.421. The molecule has 6 heteroatoms. The Kier molecular flexibility index (Phi) is 4.47. The second kappa shape index (κ2) is 6.13. The van der Waals surface area contributed by atoms with Crippen molar-refractivity contribution in [3.63, 3.8) is 0 Å². The Bertz CT molecular complexity index is 595. The molecular weight excluding hydrogens is 290 g/mol. The van der Waals surface area contributed by atoms with E-state index in [-0.39, 0.29) is 0 Å². The Hall–Kier alpha value is -2.08. The summed E-state index contributed by atoms with van der Waals surface area (Å²) in [5, 5.41) is 0. The number of nitrogens with zero attached hydrogens (tertiary/aromatic N) is 1. The first kappa shape index (κ1) is 15.3. The average molecular weight is 307 g/mol. The molecule has 0 atom stereocenters. The van der Waals surface area contributed by atoms with Crippen LogP contribution in [0.3, 0.4) is 0 Å². The van der Waals surface area contributed by atoms with Crippen molar-refractivity contribution in [3.8, 4) is 0 Å². The molecule has 0 spiro atoms. The van der Waals surface area contributed by atoms with Crippen molar-refractivity contribution in [2.45, 2.75) is 12.8 Å². The SMILES string of the molecule is COC(=O)C1=CN(C)C=C(C(=O)OC)C1c1ccc(C)s1. The summed E-state index contributed by atoms with van der Waals surface area (Å²) in [6, 6.07) is 3.88. The molecule has 0 bridgehead atoms. The van der Waals surface area contributed by atoms with E-state index in [1.807, 2.05) is 19.1 Å². The van der Waals surface area contributed by atoms with Gasteiger partial charge in [-0.15, -0.1) is 11.3 Å². The lowest BCUT2D eigenvalue weighted by atomic mass is 9.88. The Balaban J connectivity index is 2.54. The van der Waals surface area contributed by atoms with Crippen LogP contribution in [0.15, 0.2) is 35.7 Å². The van der Waals surface area contributed by atoms with Crippen molar-refractivity contribution in [2.75, 3.05) is 21.3 Å². The normalized spacial score (nSPS) is 15.3. The average Bonchev–Trinajstić information content (AvgIpc) is 2.90. The van der Waals surface area contributed by atoms with E-state index >= 15 is 0 Å². The van der Waals surface area contributed by atoms with Crippen LogP contribution >= 0.6 is 11.3 Å². The maximum Gasteiger partial charge on any atom is 0.336 e. The van der Waals surface area contributed by atoms with Crippen LogP contribution in [0.5, 0.6) is 0 Å². The number of rotatable bonds is 3. The summed E-state index contributed by atoms with van der Waals surface area (Å²) in [6.07, 6.45) is 3.36. The summed E-state index contributed by atoms with van der Waals surface area (Å²) in [7, 11) is 4.41. The van der Waals surface area contributed by atoms with Gasteiger partial charge in [-0.2, -0.15) is 0 Å². The van der Waals surface area contributed by atoms with Crippen LogP contribution in [0.2, 0.25) is 0 Å². The number of esters is 2. The number of carbonyl (C=O) groups is 2. The van der Waals surface area contributed by atoms with Gasteiger partial charge in [0.15, 0.2) is 0 Å². The molecule has 1 aliphatic rings. The highest BCUT2D eigenvalue weighted by molar-refractivity contribution is 7.12. The van der Waals surface area contributed by atoms with Gasteiger partial charge < -0.3 is 14.4 Å².